The minimum absolute atomic E-state index is 0.110. The highest BCUT2D eigenvalue weighted by Crippen LogP contribution is 2.35. The van der Waals surface area contributed by atoms with Gasteiger partial charge in [-0.2, -0.15) is 0 Å². The molecule has 0 radical (unpaired) electrons. The lowest BCUT2D eigenvalue weighted by Crippen LogP contribution is -2.47. The summed E-state index contributed by atoms with van der Waals surface area (Å²) in [5.41, 5.74) is 0.876. The highest BCUT2D eigenvalue weighted by atomic mass is 19.1. The van der Waals surface area contributed by atoms with E-state index in [0.29, 0.717) is 18.7 Å². The average molecular weight is 424 g/mol. The van der Waals surface area contributed by atoms with Crippen LogP contribution in [0.15, 0.2) is 54.2 Å². The van der Waals surface area contributed by atoms with E-state index in [4.69, 9.17) is 0 Å². The van der Waals surface area contributed by atoms with Crippen LogP contribution in [-0.4, -0.2) is 59.3 Å². The molecule has 1 fully saturated rings. The van der Waals surface area contributed by atoms with Crippen LogP contribution in [-0.2, 0) is 9.59 Å². The van der Waals surface area contributed by atoms with Gasteiger partial charge >= 0.3 is 0 Å². The number of carbonyl (C=O) groups is 2. The predicted octanol–water partition coefficient (Wildman–Crippen LogP) is 2.66. The quantitative estimate of drug-likeness (QED) is 0.417. The number of imide groups is 1. The number of non-ortho nitro benzene ring substituents is 1. The topological polar surface area (TPSA) is 87.0 Å². The molecule has 2 aliphatic rings. The third-order valence-electron chi connectivity index (χ3n) is 5.63. The maximum atomic E-state index is 13.8. The molecule has 0 N–H and O–H groups in total. The molecular weight excluding hydrogens is 403 g/mol. The van der Waals surface area contributed by atoms with Gasteiger partial charge in [-0.05, 0) is 42.4 Å². The monoisotopic (exact) mass is 424 g/mol. The van der Waals surface area contributed by atoms with Crippen molar-refractivity contribution in [3.05, 3.63) is 75.7 Å². The van der Waals surface area contributed by atoms with Crippen molar-refractivity contribution < 1.29 is 18.9 Å². The smallest absolute Gasteiger partial charge is 0.282 e. The summed E-state index contributed by atoms with van der Waals surface area (Å²) in [6.45, 7) is 5.58. The second-order valence-electron chi connectivity index (χ2n) is 7.37. The van der Waals surface area contributed by atoms with E-state index < -0.39 is 22.6 Å². The van der Waals surface area contributed by atoms with E-state index in [0.717, 1.165) is 30.6 Å². The van der Waals surface area contributed by atoms with Gasteiger partial charge in [-0.25, -0.2) is 9.29 Å². The second kappa shape index (κ2) is 8.27. The van der Waals surface area contributed by atoms with E-state index in [1.807, 2.05) is 4.90 Å². The fourth-order valence-corrected chi connectivity index (χ4v) is 3.96. The molecule has 2 aromatic carbocycles. The van der Waals surface area contributed by atoms with Gasteiger partial charge < -0.3 is 9.80 Å². The molecule has 0 atom stereocenters. The van der Waals surface area contributed by atoms with Crippen LogP contribution in [0, 0.1) is 15.9 Å². The second-order valence-corrected chi connectivity index (χ2v) is 7.37. The number of hydrogen-bond donors (Lipinski definition) is 0. The number of nitrogens with zero attached hydrogens (tertiary/aromatic N) is 4. The highest BCUT2D eigenvalue weighted by Gasteiger charge is 2.43. The summed E-state index contributed by atoms with van der Waals surface area (Å²) in [5.74, 6) is -1.65. The van der Waals surface area contributed by atoms with Gasteiger partial charge in [-0.15, -0.1) is 0 Å². The molecule has 2 aromatic rings. The Morgan fingerprint density at radius 3 is 2.26 bits per heavy atom. The lowest BCUT2D eigenvalue weighted by atomic mass is 10.0. The molecule has 4 rings (SSSR count). The van der Waals surface area contributed by atoms with Crippen molar-refractivity contribution in [2.24, 2.45) is 0 Å². The fraction of sp³-hybridized carbons (Fsp3) is 0.273. The molecule has 2 aliphatic heterocycles. The van der Waals surface area contributed by atoms with Gasteiger partial charge in [-0.1, -0.05) is 13.0 Å². The van der Waals surface area contributed by atoms with Crippen LogP contribution >= 0.6 is 0 Å². The van der Waals surface area contributed by atoms with Crippen molar-refractivity contribution in [2.45, 2.75) is 6.92 Å². The summed E-state index contributed by atoms with van der Waals surface area (Å²) in [6, 6.07) is 10.9. The number of anilines is 1. The van der Waals surface area contributed by atoms with Crippen LogP contribution in [0.2, 0.25) is 0 Å². The molecule has 0 bridgehead atoms. The number of hydrogen-bond acceptors (Lipinski definition) is 6. The van der Waals surface area contributed by atoms with Gasteiger partial charge in [0.15, 0.2) is 0 Å². The summed E-state index contributed by atoms with van der Waals surface area (Å²) < 4.78 is 13.8. The van der Waals surface area contributed by atoms with Crippen LogP contribution in [0.4, 0.5) is 15.8 Å². The number of rotatable bonds is 5. The van der Waals surface area contributed by atoms with Crippen LogP contribution in [0.3, 0.4) is 0 Å². The van der Waals surface area contributed by atoms with E-state index in [1.165, 1.54) is 42.5 Å². The number of nitro groups is 1. The van der Waals surface area contributed by atoms with Crippen molar-refractivity contribution in [1.29, 1.82) is 0 Å². The Kier molecular flexibility index (Phi) is 5.51. The number of carbonyl (C=O) groups excluding carboxylic acids is 2. The Morgan fingerprint density at radius 1 is 1.00 bits per heavy atom. The zero-order valence-corrected chi connectivity index (χ0v) is 17.0. The fourth-order valence-electron chi connectivity index (χ4n) is 3.96. The maximum Gasteiger partial charge on any atom is 0.282 e. The molecule has 2 amide bonds. The molecule has 9 heteroatoms. The standard InChI is InChI=1S/C22H21FN4O4/c1-2-24-10-12-25(13-11-24)20-19(15-6-8-17(9-7-15)27(30)31)21(28)26(22(20)29)18-5-3-4-16(23)14-18/h3-9,14H,2,10-13H2,1H3. The van der Waals surface area contributed by atoms with E-state index in [9.17, 15) is 24.1 Å². The third kappa shape index (κ3) is 3.79. The minimum Gasteiger partial charge on any atom is -0.364 e. The Labute approximate surface area is 178 Å². The molecule has 1 saturated heterocycles. The predicted molar refractivity (Wildman–Crippen MR) is 113 cm³/mol. The van der Waals surface area contributed by atoms with Crippen molar-refractivity contribution in [1.82, 2.24) is 9.80 Å². The first-order valence-corrected chi connectivity index (χ1v) is 10.0. The largest absolute Gasteiger partial charge is 0.364 e. The number of halogens is 1. The number of nitro benzene ring substituents is 1. The summed E-state index contributed by atoms with van der Waals surface area (Å²) in [6.07, 6.45) is 0. The SMILES string of the molecule is CCN1CCN(C2=C(c3ccc([N+](=O)[O-])cc3)C(=O)N(c3cccc(F)c3)C2=O)CC1. The summed E-state index contributed by atoms with van der Waals surface area (Å²) in [7, 11) is 0. The van der Waals surface area contributed by atoms with Gasteiger partial charge in [0.25, 0.3) is 17.5 Å². The lowest BCUT2D eigenvalue weighted by molar-refractivity contribution is -0.384. The Bertz CT molecular complexity index is 1080. The number of amides is 2. The summed E-state index contributed by atoms with van der Waals surface area (Å²) in [5, 5.41) is 11.0. The molecule has 0 unspecified atom stereocenters. The first-order valence-electron chi connectivity index (χ1n) is 10.0. The van der Waals surface area contributed by atoms with Crippen LogP contribution < -0.4 is 4.90 Å². The number of likely N-dealkylation sites (N-methyl/N-ethyl adjacent to an activating group) is 1. The van der Waals surface area contributed by atoms with Crippen LogP contribution in [0.5, 0.6) is 0 Å². The molecule has 31 heavy (non-hydrogen) atoms. The molecule has 160 valence electrons. The Morgan fingerprint density at radius 2 is 1.68 bits per heavy atom. The molecule has 0 aliphatic carbocycles. The summed E-state index contributed by atoms with van der Waals surface area (Å²) >= 11 is 0. The maximum absolute atomic E-state index is 13.8. The van der Waals surface area contributed by atoms with Crippen molar-refractivity contribution >= 4 is 28.8 Å². The average Bonchev–Trinajstić information content (AvgIpc) is 3.03. The normalized spacial score (nSPS) is 17.6. The van der Waals surface area contributed by atoms with Crippen molar-refractivity contribution in [2.75, 3.05) is 37.6 Å². The van der Waals surface area contributed by atoms with Gasteiger partial charge in [0, 0.05) is 38.3 Å². The molecule has 0 aromatic heterocycles. The van der Waals surface area contributed by atoms with Crippen LogP contribution in [0.25, 0.3) is 5.57 Å². The summed E-state index contributed by atoms with van der Waals surface area (Å²) in [4.78, 5) is 42.3. The van der Waals surface area contributed by atoms with Gasteiger partial charge in [0.2, 0.25) is 0 Å². The first-order chi connectivity index (χ1) is 14.9. The van der Waals surface area contributed by atoms with Crippen molar-refractivity contribution in [3.8, 4) is 0 Å². The molecule has 2 heterocycles. The van der Waals surface area contributed by atoms with Crippen LogP contribution in [0.1, 0.15) is 12.5 Å². The number of benzene rings is 2. The van der Waals surface area contributed by atoms with E-state index in [1.54, 1.807) is 0 Å². The van der Waals surface area contributed by atoms with E-state index >= 15 is 0 Å². The minimum atomic E-state index is -0.572. The molecule has 8 nitrogen and oxygen atoms in total. The third-order valence-corrected chi connectivity index (χ3v) is 5.63. The van der Waals surface area contributed by atoms with Gasteiger partial charge in [-0.3, -0.25) is 19.7 Å². The molecular formula is C22H21FN4O4. The zero-order valence-electron chi connectivity index (χ0n) is 17.0. The highest BCUT2D eigenvalue weighted by molar-refractivity contribution is 6.45. The Balaban J connectivity index is 1.78. The molecule has 0 spiro atoms. The van der Waals surface area contributed by atoms with E-state index in [-0.39, 0.29) is 22.6 Å². The Hall–Kier alpha value is -3.59. The lowest BCUT2D eigenvalue weighted by Gasteiger charge is -2.35. The van der Waals surface area contributed by atoms with E-state index in [2.05, 4.69) is 11.8 Å². The zero-order chi connectivity index (χ0) is 22.1. The number of piperazine rings is 1. The van der Waals surface area contributed by atoms with Crippen molar-refractivity contribution in [3.63, 3.8) is 0 Å². The molecule has 0 saturated carbocycles. The first kappa shape index (κ1) is 20.7. The van der Waals surface area contributed by atoms with Gasteiger partial charge in [0.05, 0.1) is 16.2 Å². The van der Waals surface area contributed by atoms with Gasteiger partial charge in [0.1, 0.15) is 11.5 Å².